The van der Waals surface area contributed by atoms with Crippen LogP contribution in [0.5, 0.6) is 0 Å². The van der Waals surface area contributed by atoms with Gasteiger partial charge in [0.25, 0.3) is 0 Å². The van der Waals surface area contributed by atoms with E-state index in [0.29, 0.717) is 6.04 Å². The van der Waals surface area contributed by atoms with Crippen LogP contribution in [0.1, 0.15) is 17.5 Å². The minimum atomic E-state index is 0.356. The van der Waals surface area contributed by atoms with Crippen LogP contribution in [-0.4, -0.2) is 11.0 Å². The summed E-state index contributed by atoms with van der Waals surface area (Å²) in [7, 11) is 0. The summed E-state index contributed by atoms with van der Waals surface area (Å²) in [6.07, 6.45) is 5.28. The highest BCUT2D eigenvalue weighted by molar-refractivity contribution is 5.84. The topological polar surface area (TPSA) is 41.8 Å². The van der Waals surface area contributed by atoms with Gasteiger partial charge >= 0.3 is 0 Å². The quantitative estimate of drug-likeness (QED) is 0.649. The average molecular weight is 186 g/mol. The molecule has 2 heteroatoms. The third-order valence-electron chi connectivity index (χ3n) is 3.18. The van der Waals surface area contributed by atoms with Crippen molar-refractivity contribution in [2.24, 2.45) is 5.73 Å². The maximum atomic E-state index is 5.96. The number of hydrogen-bond donors (Lipinski definition) is 2. The molecule has 0 spiro atoms. The van der Waals surface area contributed by atoms with Gasteiger partial charge in [0.2, 0.25) is 0 Å². The Kier molecular flexibility index (Phi) is 1.64. The lowest BCUT2D eigenvalue weighted by molar-refractivity contribution is 0.579. The van der Waals surface area contributed by atoms with Crippen molar-refractivity contribution in [1.29, 1.82) is 0 Å². The SMILES string of the molecule is N[C@@H]1CCc2c(ccc3cc[nH]c23)C1. The molecule has 1 aliphatic rings. The van der Waals surface area contributed by atoms with Crippen LogP contribution in [0.15, 0.2) is 24.4 Å². The van der Waals surface area contributed by atoms with Crippen LogP contribution in [-0.2, 0) is 12.8 Å². The minimum Gasteiger partial charge on any atom is -0.361 e. The number of aromatic amines is 1. The predicted octanol–water partition coefficient (Wildman–Crippen LogP) is 1.98. The lowest BCUT2D eigenvalue weighted by Crippen LogP contribution is -2.27. The highest BCUT2D eigenvalue weighted by Gasteiger charge is 2.17. The molecule has 0 fully saturated rings. The summed E-state index contributed by atoms with van der Waals surface area (Å²) in [4.78, 5) is 3.32. The highest BCUT2D eigenvalue weighted by atomic mass is 14.7. The Labute approximate surface area is 83.1 Å². The van der Waals surface area contributed by atoms with E-state index in [0.717, 1.165) is 19.3 Å². The molecule has 0 unspecified atom stereocenters. The molecule has 1 aromatic heterocycles. The molecule has 0 saturated carbocycles. The van der Waals surface area contributed by atoms with Crippen LogP contribution in [0.4, 0.5) is 0 Å². The second-order valence-electron chi connectivity index (χ2n) is 4.15. The Morgan fingerprint density at radius 3 is 3.14 bits per heavy atom. The highest BCUT2D eigenvalue weighted by Crippen LogP contribution is 2.27. The van der Waals surface area contributed by atoms with Crippen LogP contribution in [0, 0.1) is 0 Å². The van der Waals surface area contributed by atoms with Crippen molar-refractivity contribution >= 4 is 10.9 Å². The predicted molar refractivity (Wildman–Crippen MR) is 58.3 cm³/mol. The summed E-state index contributed by atoms with van der Waals surface area (Å²) in [5.41, 5.74) is 10.2. The summed E-state index contributed by atoms with van der Waals surface area (Å²) in [6, 6.07) is 6.90. The number of aryl methyl sites for hydroxylation is 1. The number of nitrogens with one attached hydrogen (secondary N) is 1. The number of rotatable bonds is 0. The van der Waals surface area contributed by atoms with Crippen LogP contribution >= 0.6 is 0 Å². The molecule has 2 nitrogen and oxygen atoms in total. The smallest absolute Gasteiger partial charge is 0.0489 e. The van der Waals surface area contributed by atoms with E-state index in [1.165, 1.54) is 22.0 Å². The van der Waals surface area contributed by atoms with Crippen molar-refractivity contribution in [3.8, 4) is 0 Å². The third kappa shape index (κ3) is 1.07. The summed E-state index contributed by atoms with van der Waals surface area (Å²) in [5.74, 6) is 0. The zero-order valence-corrected chi connectivity index (χ0v) is 8.09. The van der Waals surface area contributed by atoms with E-state index in [1.807, 2.05) is 6.20 Å². The van der Waals surface area contributed by atoms with Gasteiger partial charge in [0, 0.05) is 17.8 Å². The number of fused-ring (bicyclic) bond motifs is 3. The number of aromatic nitrogens is 1. The molecular weight excluding hydrogens is 172 g/mol. The van der Waals surface area contributed by atoms with Gasteiger partial charge in [-0.1, -0.05) is 12.1 Å². The molecule has 0 bridgehead atoms. The van der Waals surface area contributed by atoms with Crippen molar-refractivity contribution in [3.63, 3.8) is 0 Å². The zero-order valence-electron chi connectivity index (χ0n) is 8.09. The van der Waals surface area contributed by atoms with Crippen LogP contribution < -0.4 is 5.73 Å². The summed E-state index contributed by atoms with van der Waals surface area (Å²) in [6.45, 7) is 0. The lowest BCUT2D eigenvalue weighted by atomic mass is 9.87. The molecule has 0 amide bonds. The van der Waals surface area contributed by atoms with E-state index in [9.17, 15) is 0 Å². The molecule has 72 valence electrons. The van der Waals surface area contributed by atoms with Gasteiger partial charge in [0.15, 0.2) is 0 Å². The van der Waals surface area contributed by atoms with E-state index in [1.54, 1.807) is 0 Å². The van der Waals surface area contributed by atoms with Gasteiger partial charge in [-0.2, -0.15) is 0 Å². The van der Waals surface area contributed by atoms with Crippen molar-refractivity contribution in [2.45, 2.75) is 25.3 Å². The molecule has 2 aromatic rings. The first-order valence-electron chi connectivity index (χ1n) is 5.18. The molecule has 14 heavy (non-hydrogen) atoms. The number of nitrogens with two attached hydrogens (primary N) is 1. The van der Waals surface area contributed by atoms with E-state index >= 15 is 0 Å². The fourth-order valence-corrected chi connectivity index (χ4v) is 2.42. The third-order valence-corrected chi connectivity index (χ3v) is 3.18. The van der Waals surface area contributed by atoms with Crippen molar-refractivity contribution < 1.29 is 0 Å². The maximum absolute atomic E-state index is 5.96. The lowest BCUT2D eigenvalue weighted by Gasteiger charge is -2.21. The van der Waals surface area contributed by atoms with Crippen LogP contribution in [0.2, 0.25) is 0 Å². The Bertz CT molecular complexity index is 470. The van der Waals surface area contributed by atoms with Crippen molar-refractivity contribution in [2.75, 3.05) is 0 Å². The minimum absolute atomic E-state index is 0.356. The Morgan fingerprint density at radius 1 is 1.29 bits per heavy atom. The number of hydrogen-bond acceptors (Lipinski definition) is 1. The molecule has 0 aliphatic heterocycles. The van der Waals surface area contributed by atoms with Gasteiger partial charge in [-0.05, 0) is 41.8 Å². The Balaban J connectivity index is 2.24. The van der Waals surface area contributed by atoms with E-state index in [-0.39, 0.29) is 0 Å². The largest absolute Gasteiger partial charge is 0.361 e. The zero-order chi connectivity index (χ0) is 9.54. The molecule has 0 saturated heterocycles. The van der Waals surface area contributed by atoms with Gasteiger partial charge in [-0.25, -0.2) is 0 Å². The second kappa shape index (κ2) is 2.85. The summed E-state index contributed by atoms with van der Waals surface area (Å²) >= 11 is 0. The standard InChI is InChI=1S/C12H14N2/c13-10-3-4-11-9(7-10)2-1-8-5-6-14-12(8)11/h1-2,5-6,10,14H,3-4,7,13H2/t10-/m1/s1. The number of benzene rings is 1. The van der Waals surface area contributed by atoms with Crippen LogP contribution in [0.25, 0.3) is 10.9 Å². The summed E-state index contributed by atoms with van der Waals surface area (Å²) in [5, 5.41) is 1.32. The Morgan fingerprint density at radius 2 is 2.21 bits per heavy atom. The molecule has 1 aliphatic carbocycles. The van der Waals surface area contributed by atoms with Crippen molar-refractivity contribution in [1.82, 2.24) is 4.98 Å². The van der Waals surface area contributed by atoms with Crippen molar-refractivity contribution in [3.05, 3.63) is 35.5 Å². The van der Waals surface area contributed by atoms with E-state index in [4.69, 9.17) is 5.73 Å². The number of H-pyrrole nitrogens is 1. The molecule has 1 aromatic carbocycles. The maximum Gasteiger partial charge on any atom is 0.0489 e. The normalized spacial score (nSPS) is 21.1. The Hall–Kier alpha value is -1.28. The second-order valence-corrected chi connectivity index (χ2v) is 4.15. The van der Waals surface area contributed by atoms with Gasteiger partial charge in [0.05, 0.1) is 0 Å². The van der Waals surface area contributed by atoms with Gasteiger partial charge in [-0.3, -0.25) is 0 Å². The molecule has 1 heterocycles. The van der Waals surface area contributed by atoms with Gasteiger partial charge in [0.1, 0.15) is 0 Å². The fourth-order valence-electron chi connectivity index (χ4n) is 2.42. The molecule has 1 atom stereocenters. The molecule has 3 rings (SSSR count). The fraction of sp³-hybridized carbons (Fsp3) is 0.333. The average Bonchev–Trinajstić information content (AvgIpc) is 2.65. The molecule has 0 radical (unpaired) electrons. The molecule has 3 N–H and O–H groups in total. The van der Waals surface area contributed by atoms with Crippen LogP contribution in [0.3, 0.4) is 0 Å². The van der Waals surface area contributed by atoms with Gasteiger partial charge in [-0.15, -0.1) is 0 Å². The summed E-state index contributed by atoms with van der Waals surface area (Å²) < 4.78 is 0. The first-order chi connectivity index (χ1) is 6.84. The molecular formula is C12H14N2. The van der Waals surface area contributed by atoms with E-state index in [2.05, 4.69) is 23.2 Å². The van der Waals surface area contributed by atoms with E-state index < -0.39 is 0 Å². The van der Waals surface area contributed by atoms with Gasteiger partial charge < -0.3 is 10.7 Å². The first-order valence-corrected chi connectivity index (χ1v) is 5.18. The monoisotopic (exact) mass is 186 g/mol. The first kappa shape index (κ1) is 8.06.